The summed E-state index contributed by atoms with van der Waals surface area (Å²) in [5.74, 6) is -1.07. The number of aromatic nitrogens is 1. The van der Waals surface area contributed by atoms with E-state index in [0.29, 0.717) is 11.2 Å². The van der Waals surface area contributed by atoms with Gasteiger partial charge in [-0.05, 0) is 26.0 Å². The van der Waals surface area contributed by atoms with Gasteiger partial charge in [0.25, 0.3) is 5.95 Å². The Bertz CT molecular complexity index is 739. The largest absolute Gasteiger partial charge is 0.506 e. The van der Waals surface area contributed by atoms with Gasteiger partial charge < -0.3 is 19.7 Å². The van der Waals surface area contributed by atoms with Crippen molar-refractivity contribution >= 4 is 16.9 Å². The molecule has 0 fully saturated rings. The molecule has 0 bridgehead atoms. The van der Waals surface area contributed by atoms with Crippen LogP contribution >= 0.6 is 0 Å². The van der Waals surface area contributed by atoms with E-state index in [1.807, 2.05) is 6.07 Å². The summed E-state index contributed by atoms with van der Waals surface area (Å²) in [6, 6.07) is 8.60. The molecule has 0 saturated heterocycles. The molecule has 0 atom stereocenters. The molecule has 0 unspecified atom stereocenters. The minimum Gasteiger partial charge on any atom is -0.506 e. The molecule has 2 N–H and O–H groups in total. The predicted octanol–water partition coefficient (Wildman–Crippen LogP) is 2.85. The minimum absolute atomic E-state index is 0.00373. The molecular weight excluding hydrogens is 298 g/mol. The average molecular weight is 317 g/mol. The maximum atomic E-state index is 12.0. The highest BCUT2D eigenvalue weighted by Crippen LogP contribution is 2.23. The molecule has 0 aliphatic carbocycles. The van der Waals surface area contributed by atoms with Gasteiger partial charge in [-0.25, -0.2) is 9.78 Å². The summed E-state index contributed by atoms with van der Waals surface area (Å²) in [4.78, 5) is 16.3. The Labute approximate surface area is 134 Å². The summed E-state index contributed by atoms with van der Waals surface area (Å²) >= 11 is 0. The maximum absolute atomic E-state index is 12.0. The summed E-state index contributed by atoms with van der Waals surface area (Å²) in [6.07, 6.45) is 0.0366. The first-order valence-electron chi connectivity index (χ1n) is 7.36. The quantitative estimate of drug-likeness (QED) is 0.484. The first-order chi connectivity index (χ1) is 11.1. The molecular formula is C17H19NO5. The number of benzene rings is 1. The van der Waals surface area contributed by atoms with E-state index in [9.17, 15) is 15.0 Å². The maximum Gasteiger partial charge on any atom is 0.341 e. The molecule has 122 valence electrons. The number of carbonyl (C=O) groups excluding carboxylic acids is 1. The van der Waals surface area contributed by atoms with Gasteiger partial charge in [-0.1, -0.05) is 18.2 Å². The molecule has 0 radical (unpaired) electrons. The van der Waals surface area contributed by atoms with E-state index < -0.39 is 11.9 Å². The van der Waals surface area contributed by atoms with Crippen molar-refractivity contribution in [3.05, 3.63) is 47.5 Å². The Morgan fingerprint density at radius 3 is 2.57 bits per heavy atom. The van der Waals surface area contributed by atoms with Crippen LogP contribution in [0.2, 0.25) is 0 Å². The summed E-state index contributed by atoms with van der Waals surface area (Å²) in [6.45, 7) is 3.79. The molecule has 0 spiro atoms. The van der Waals surface area contributed by atoms with Gasteiger partial charge in [0, 0.05) is 17.5 Å². The third kappa shape index (κ3) is 3.91. The normalized spacial score (nSPS) is 11.9. The van der Waals surface area contributed by atoms with E-state index in [-0.39, 0.29) is 31.0 Å². The molecule has 0 amide bonds. The molecule has 2 aromatic rings. The fraction of sp³-hybridized carbons (Fsp3) is 0.294. The van der Waals surface area contributed by atoms with Crippen LogP contribution < -0.4 is 0 Å². The van der Waals surface area contributed by atoms with Crippen molar-refractivity contribution < 1.29 is 24.5 Å². The Morgan fingerprint density at radius 1 is 1.13 bits per heavy atom. The van der Waals surface area contributed by atoms with E-state index in [1.165, 1.54) is 0 Å². The molecule has 1 aromatic heterocycles. The lowest BCUT2D eigenvalue weighted by Crippen LogP contribution is -2.14. The third-order valence-electron chi connectivity index (χ3n) is 3.18. The van der Waals surface area contributed by atoms with Gasteiger partial charge in [0.05, 0.1) is 13.2 Å². The van der Waals surface area contributed by atoms with Gasteiger partial charge in [0.15, 0.2) is 0 Å². The lowest BCUT2D eigenvalue weighted by molar-refractivity contribution is -0.139. The van der Waals surface area contributed by atoms with E-state index in [2.05, 4.69) is 4.98 Å². The first-order valence-corrected chi connectivity index (χ1v) is 7.36. The second-order valence-electron chi connectivity index (χ2n) is 4.77. The summed E-state index contributed by atoms with van der Waals surface area (Å²) in [5.41, 5.74) is 0.938. The van der Waals surface area contributed by atoms with Crippen LogP contribution in [0, 0.1) is 0 Å². The number of hydrogen-bond acceptors (Lipinski definition) is 6. The molecule has 0 saturated carbocycles. The third-order valence-corrected chi connectivity index (χ3v) is 3.18. The lowest BCUT2D eigenvalue weighted by atomic mass is 10.1. The highest BCUT2D eigenvalue weighted by atomic mass is 16.6. The van der Waals surface area contributed by atoms with Gasteiger partial charge in [0.2, 0.25) is 0 Å². The van der Waals surface area contributed by atoms with Crippen molar-refractivity contribution in [2.24, 2.45) is 0 Å². The highest BCUT2D eigenvalue weighted by Gasteiger charge is 2.19. The molecule has 0 aliphatic heterocycles. The molecule has 6 nitrogen and oxygen atoms in total. The number of para-hydroxylation sites is 1. The van der Waals surface area contributed by atoms with E-state index in [4.69, 9.17) is 9.47 Å². The SMILES string of the molecule is CCOC(=O)C(Cc1ccc2cccc(O)c2n1)=C(O)OCC. The Balaban J connectivity index is 2.38. The molecule has 23 heavy (non-hydrogen) atoms. The smallest absolute Gasteiger partial charge is 0.341 e. The van der Waals surface area contributed by atoms with E-state index in [1.54, 1.807) is 38.1 Å². The van der Waals surface area contributed by atoms with Crippen LogP contribution in [0.25, 0.3) is 10.9 Å². The highest BCUT2D eigenvalue weighted by molar-refractivity contribution is 5.89. The van der Waals surface area contributed by atoms with Crippen LogP contribution in [-0.4, -0.2) is 34.4 Å². The average Bonchev–Trinajstić information content (AvgIpc) is 2.53. The van der Waals surface area contributed by atoms with Gasteiger partial charge in [0.1, 0.15) is 16.8 Å². The molecule has 1 aromatic carbocycles. The predicted molar refractivity (Wildman–Crippen MR) is 85.0 cm³/mol. The minimum atomic E-state index is -0.655. The van der Waals surface area contributed by atoms with Crippen LogP contribution in [0.15, 0.2) is 41.9 Å². The van der Waals surface area contributed by atoms with Crippen LogP contribution in [-0.2, 0) is 20.7 Å². The zero-order valence-corrected chi connectivity index (χ0v) is 13.1. The number of aliphatic hydroxyl groups is 1. The van der Waals surface area contributed by atoms with Gasteiger partial charge >= 0.3 is 5.97 Å². The number of esters is 1. The molecule has 6 heteroatoms. The summed E-state index contributed by atoms with van der Waals surface area (Å²) in [5, 5.41) is 20.6. The lowest BCUT2D eigenvalue weighted by Gasteiger charge is -2.10. The number of fused-ring (bicyclic) bond motifs is 1. The van der Waals surface area contributed by atoms with E-state index in [0.717, 1.165) is 5.39 Å². The number of carbonyl (C=O) groups is 1. The standard InChI is InChI=1S/C17H19NO5/c1-3-22-16(20)13(17(21)23-4-2)10-12-9-8-11-6-5-7-14(19)15(11)18-12/h5-9,19-20H,3-4,10H2,1-2H3. The zero-order chi connectivity index (χ0) is 16.8. The summed E-state index contributed by atoms with van der Waals surface area (Å²) < 4.78 is 9.95. The van der Waals surface area contributed by atoms with Gasteiger partial charge in [-0.3, -0.25) is 0 Å². The monoisotopic (exact) mass is 317 g/mol. The Morgan fingerprint density at radius 2 is 1.87 bits per heavy atom. The van der Waals surface area contributed by atoms with Crippen molar-refractivity contribution in [1.29, 1.82) is 0 Å². The number of ether oxygens (including phenoxy) is 2. The number of aromatic hydroxyl groups is 1. The number of rotatable bonds is 6. The fourth-order valence-electron chi connectivity index (χ4n) is 2.13. The Kier molecular flexibility index (Phi) is 5.41. The van der Waals surface area contributed by atoms with Crippen molar-refractivity contribution in [2.75, 3.05) is 13.2 Å². The molecule has 0 aliphatic rings. The van der Waals surface area contributed by atoms with Crippen LogP contribution in [0.3, 0.4) is 0 Å². The van der Waals surface area contributed by atoms with Crippen LogP contribution in [0.4, 0.5) is 0 Å². The second-order valence-corrected chi connectivity index (χ2v) is 4.77. The fourth-order valence-corrected chi connectivity index (χ4v) is 2.13. The van der Waals surface area contributed by atoms with Crippen molar-refractivity contribution in [1.82, 2.24) is 4.98 Å². The number of aliphatic hydroxyl groups excluding tert-OH is 1. The molecule has 2 rings (SSSR count). The van der Waals surface area contributed by atoms with Crippen LogP contribution in [0.5, 0.6) is 5.75 Å². The van der Waals surface area contributed by atoms with Crippen molar-refractivity contribution in [3.8, 4) is 5.75 Å². The van der Waals surface area contributed by atoms with Crippen molar-refractivity contribution in [2.45, 2.75) is 20.3 Å². The summed E-state index contributed by atoms with van der Waals surface area (Å²) in [7, 11) is 0. The zero-order valence-electron chi connectivity index (χ0n) is 13.1. The first kappa shape index (κ1) is 16.6. The van der Waals surface area contributed by atoms with Crippen molar-refractivity contribution in [3.63, 3.8) is 0 Å². The number of phenols is 1. The number of nitrogens with zero attached hydrogens (tertiary/aromatic N) is 1. The Hall–Kier alpha value is -2.76. The number of hydrogen-bond donors (Lipinski definition) is 2. The van der Waals surface area contributed by atoms with Gasteiger partial charge in [-0.15, -0.1) is 0 Å². The number of pyridine rings is 1. The van der Waals surface area contributed by atoms with Crippen LogP contribution in [0.1, 0.15) is 19.5 Å². The molecule has 1 heterocycles. The topological polar surface area (TPSA) is 88.9 Å². The van der Waals surface area contributed by atoms with Gasteiger partial charge in [-0.2, -0.15) is 0 Å². The number of phenolic OH excluding ortho intramolecular Hbond substituents is 1. The van der Waals surface area contributed by atoms with E-state index >= 15 is 0 Å². The second kappa shape index (κ2) is 7.49.